The molecule has 0 saturated carbocycles. The van der Waals surface area contributed by atoms with Gasteiger partial charge >= 0.3 is 0 Å². The Labute approximate surface area is 162 Å². The highest BCUT2D eigenvalue weighted by molar-refractivity contribution is 5.50. The van der Waals surface area contributed by atoms with Gasteiger partial charge in [-0.05, 0) is 23.6 Å². The molecule has 3 aromatic rings. The zero-order valence-electron chi connectivity index (χ0n) is 15.6. The molecule has 0 heterocycles. The van der Waals surface area contributed by atoms with E-state index in [0.29, 0.717) is 13.1 Å². The molecule has 132 valence electrons. The highest BCUT2D eigenvalue weighted by Crippen LogP contribution is 2.42. The third-order valence-electron chi connectivity index (χ3n) is 4.89. The Morgan fingerprint density at radius 2 is 1.07 bits per heavy atom. The minimum atomic E-state index is -0.561. The van der Waals surface area contributed by atoms with Crippen LogP contribution >= 0.6 is 0 Å². The van der Waals surface area contributed by atoms with E-state index in [1.807, 2.05) is 12.1 Å². The minimum absolute atomic E-state index is 0.446. The summed E-state index contributed by atoms with van der Waals surface area (Å²) in [6, 6.07) is 29.5. The van der Waals surface area contributed by atoms with Crippen LogP contribution in [0.3, 0.4) is 0 Å². The Morgan fingerprint density at radius 1 is 0.667 bits per heavy atom. The van der Waals surface area contributed by atoms with Crippen LogP contribution in [0.5, 0.6) is 0 Å². The molecule has 0 atom stereocenters. The summed E-state index contributed by atoms with van der Waals surface area (Å²) in [6.45, 7) is 2.99. The Hall–Kier alpha value is -3.26. The smallest absolute Gasteiger partial charge is 0.0988 e. The van der Waals surface area contributed by atoms with Gasteiger partial charge in [0.05, 0.1) is 18.6 Å². The van der Waals surface area contributed by atoms with Gasteiger partial charge < -0.3 is 0 Å². The van der Waals surface area contributed by atoms with Crippen molar-refractivity contribution in [1.82, 2.24) is 4.90 Å². The predicted molar refractivity (Wildman–Crippen MR) is 113 cm³/mol. The van der Waals surface area contributed by atoms with Crippen molar-refractivity contribution in [3.05, 3.63) is 107 Å². The summed E-state index contributed by atoms with van der Waals surface area (Å²) in [5, 5.41) is 0. The van der Waals surface area contributed by atoms with E-state index in [4.69, 9.17) is 12.8 Å². The Balaban J connectivity index is 2.39. The van der Waals surface area contributed by atoms with Crippen molar-refractivity contribution in [2.75, 3.05) is 13.1 Å². The van der Waals surface area contributed by atoms with E-state index in [1.165, 1.54) is 5.56 Å². The van der Waals surface area contributed by atoms with Crippen LogP contribution < -0.4 is 0 Å². The highest BCUT2D eigenvalue weighted by atomic mass is 15.2. The summed E-state index contributed by atoms with van der Waals surface area (Å²) in [5.74, 6) is 5.62. The van der Waals surface area contributed by atoms with Crippen LogP contribution in [0.25, 0.3) is 0 Å². The van der Waals surface area contributed by atoms with E-state index in [9.17, 15) is 0 Å². The second-order valence-corrected chi connectivity index (χ2v) is 6.57. The molecular weight excluding hydrogens is 326 g/mol. The third-order valence-corrected chi connectivity index (χ3v) is 4.89. The molecule has 1 nitrogen and oxygen atoms in total. The molecule has 0 aliphatic carbocycles. The molecule has 0 unspecified atom stereocenters. The summed E-state index contributed by atoms with van der Waals surface area (Å²) in [7, 11) is 0. The quantitative estimate of drug-likeness (QED) is 0.454. The fraction of sp³-hybridized carbons (Fsp3) is 0.154. The van der Waals surface area contributed by atoms with Gasteiger partial charge in [-0.25, -0.2) is 0 Å². The van der Waals surface area contributed by atoms with Crippen LogP contribution in [-0.2, 0) is 5.54 Å². The molecule has 0 fully saturated rings. The van der Waals surface area contributed by atoms with Crippen molar-refractivity contribution in [1.29, 1.82) is 0 Å². The van der Waals surface area contributed by atoms with Crippen molar-refractivity contribution in [2.24, 2.45) is 0 Å². The van der Waals surface area contributed by atoms with E-state index >= 15 is 0 Å². The SMILES string of the molecule is C#CCN(CC#C)C(c1ccccc1)(c1ccccc1)c1ccc(C)cc1. The molecule has 0 saturated heterocycles. The second-order valence-electron chi connectivity index (χ2n) is 6.57. The first-order chi connectivity index (χ1) is 13.2. The number of benzene rings is 3. The summed E-state index contributed by atoms with van der Waals surface area (Å²) < 4.78 is 0. The lowest BCUT2D eigenvalue weighted by molar-refractivity contribution is 0.203. The van der Waals surface area contributed by atoms with Crippen LogP contribution in [0.4, 0.5) is 0 Å². The third kappa shape index (κ3) is 3.52. The average Bonchev–Trinajstić information content (AvgIpc) is 2.72. The molecule has 3 rings (SSSR count). The largest absolute Gasteiger partial charge is 0.264 e. The molecule has 0 amide bonds. The van der Waals surface area contributed by atoms with Gasteiger partial charge in [0.1, 0.15) is 0 Å². The number of rotatable bonds is 6. The number of nitrogens with zero attached hydrogens (tertiary/aromatic N) is 1. The van der Waals surface area contributed by atoms with Gasteiger partial charge in [0.2, 0.25) is 0 Å². The maximum absolute atomic E-state index is 5.75. The van der Waals surface area contributed by atoms with E-state index in [-0.39, 0.29) is 0 Å². The maximum Gasteiger partial charge on any atom is 0.0988 e. The van der Waals surface area contributed by atoms with Gasteiger partial charge in [-0.1, -0.05) is 102 Å². The molecule has 0 spiro atoms. The molecule has 1 heteroatoms. The first-order valence-electron chi connectivity index (χ1n) is 9.03. The van der Waals surface area contributed by atoms with Gasteiger partial charge in [-0.3, -0.25) is 4.90 Å². The minimum Gasteiger partial charge on any atom is -0.264 e. The predicted octanol–water partition coefficient (Wildman–Crippen LogP) is 4.86. The molecule has 0 aliphatic rings. The fourth-order valence-corrected chi connectivity index (χ4v) is 3.71. The monoisotopic (exact) mass is 349 g/mol. The molecule has 27 heavy (non-hydrogen) atoms. The standard InChI is InChI=1S/C26H23N/c1-4-20-27(21-5-2)26(23-12-8-6-9-13-23,24-14-10-7-11-15-24)25-18-16-22(3)17-19-25/h1-2,6-19H,20-21H2,3H3. The summed E-state index contributed by atoms with van der Waals surface area (Å²) >= 11 is 0. The highest BCUT2D eigenvalue weighted by Gasteiger charge is 2.41. The van der Waals surface area contributed by atoms with Crippen LogP contribution in [-0.4, -0.2) is 18.0 Å². The zero-order valence-corrected chi connectivity index (χ0v) is 15.6. The average molecular weight is 349 g/mol. The molecule has 0 radical (unpaired) electrons. The van der Waals surface area contributed by atoms with E-state index in [1.54, 1.807) is 0 Å². The van der Waals surface area contributed by atoms with Crippen molar-refractivity contribution in [3.8, 4) is 24.7 Å². The topological polar surface area (TPSA) is 3.24 Å². The summed E-state index contributed by atoms with van der Waals surface area (Å²) in [5.41, 5.74) is 4.09. The van der Waals surface area contributed by atoms with Crippen molar-refractivity contribution in [2.45, 2.75) is 12.5 Å². The first kappa shape index (κ1) is 18.5. The van der Waals surface area contributed by atoms with Crippen LogP contribution in [0.1, 0.15) is 22.3 Å². The first-order valence-corrected chi connectivity index (χ1v) is 9.03. The van der Waals surface area contributed by atoms with E-state index in [0.717, 1.165) is 16.7 Å². The number of hydrogen-bond donors (Lipinski definition) is 0. The Morgan fingerprint density at radius 3 is 1.48 bits per heavy atom. The number of aryl methyl sites for hydroxylation is 1. The fourth-order valence-electron chi connectivity index (χ4n) is 3.71. The van der Waals surface area contributed by atoms with E-state index in [2.05, 4.69) is 96.5 Å². The van der Waals surface area contributed by atoms with Gasteiger partial charge in [0.15, 0.2) is 0 Å². The lowest BCUT2D eigenvalue weighted by atomic mass is 9.75. The van der Waals surface area contributed by atoms with Gasteiger partial charge in [-0.15, -0.1) is 12.8 Å². The summed E-state index contributed by atoms with van der Waals surface area (Å²) in [6.07, 6.45) is 11.5. The Bertz CT molecular complexity index is 886. The lowest BCUT2D eigenvalue weighted by Gasteiger charge is -2.44. The van der Waals surface area contributed by atoms with Gasteiger partial charge in [-0.2, -0.15) is 0 Å². The molecule has 0 aliphatic heterocycles. The maximum atomic E-state index is 5.75. The number of terminal acetylenes is 2. The molecule has 3 aromatic carbocycles. The molecule has 0 bridgehead atoms. The molecular formula is C26H23N. The van der Waals surface area contributed by atoms with Crippen LogP contribution in [0.15, 0.2) is 84.9 Å². The van der Waals surface area contributed by atoms with Gasteiger partial charge in [0.25, 0.3) is 0 Å². The lowest BCUT2D eigenvalue weighted by Crippen LogP contribution is -2.48. The molecule has 0 aromatic heterocycles. The Kier molecular flexibility index (Phi) is 5.77. The molecule has 0 N–H and O–H groups in total. The van der Waals surface area contributed by atoms with Crippen LogP contribution in [0.2, 0.25) is 0 Å². The van der Waals surface area contributed by atoms with Gasteiger partial charge in [0, 0.05) is 0 Å². The van der Waals surface area contributed by atoms with Crippen LogP contribution in [0, 0.1) is 31.6 Å². The van der Waals surface area contributed by atoms with Crippen molar-refractivity contribution in [3.63, 3.8) is 0 Å². The van der Waals surface area contributed by atoms with Crippen molar-refractivity contribution < 1.29 is 0 Å². The van der Waals surface area contributed by atoms with Crippen molar-refractivity contribution >= 4 is 0 Å². The summed E-state index contributed by atoms with van der Waals surface area (Å²) in [4.78, 5) is 2.20. The normalized spacial score (nSPS) is 11.0. The second kappa shape index (κ2) is 8.41. The van der Waals surface area contributed by atoms with E-state index < -0.39 is 5.54 Å². The number of hydrogen-bond acceptors (Lipinski definition) is 1. The zero-order chi connectivity index (χ0) is 19.1.